The van der Waals surface area contributed by atoms with Gasteiger partial charge in [-0.15, -0.1) is 11.3 Å². The normalized spacial score (nSPS) is 13.5. The lowest BCUT2D eigenvalue weighted by Crippen LogP contribution is -2.35. The summed E-state index contributed by atoms with van der Waals surface area (Å²) in [6.45, 7) is 1.74. The van der Waals surface area contributed by atoms with Crippen molar-refractivity contribution in [3.63, 3.8) is 0 Å². The van der Waals surface area contributed by atoms with Crippen LogP contribution in [0.4, 0.5) is 0 Å². The van der Waals surface area contributed by atoms with Gasteiger partial charge in [0.2, 0.25) is 0 Å². The lowest BCUT2D eigenvalue weighted by molar-refractivity contribution is 0.0739. The van der Waals surface area contributed by atoms with Gasteiger partial charge < -0.3 is 14.4 Å². The van der Waals surface area contributed by atoms with Crippen LogP contribution >= 0.6 is 11.3 Å². The maximum Gasteiger partial charge on any atom is 0.264 e. The topological polar surface area (TPSA) is 67.5 Å². The first-order chi connectivity index (χ1) is 13.2. The lowest BCUT2D eigenvalue weighted by atomic mass is 10.0. The van der Waals surface area contributed by atoms with E-state index in [-0.39, 0.29) is 5.91 Å². The number of aromatic amines is 1. The van der Waals surface area contributed by atoms with Gasteiger partial charge >= 0.3 is 0 Å². The van der Waals surface area contributed by atoms with Gasteiger partial charge in [0.1, 0.15) is 11.4 Å². The molecule has 0 fully saturated rings. The van der Waals surface area contributed by atoms with Crippen LogP contribution in [0.1, 0.15) is 25.8 Å². The van der Waals surface area contributed by atoms with Crippen molar-refractivity contribution in [2.75, 3.05) is 20.8 Å². The summed E-state index contributed by atoms with van der Waals surface area (Å²) >= 11 is 1.49. The fraction of sp³-hybridized carbons (Fsp3) is 0.300. The predicted molar refractivity (Wildman–Crippen MR) is 104 cm³/mol. The summed E-state index contributed by atoms with van der Waals surface area (Å²) in [6.07, 6.45) is 0.763. The second-order valence-corrected chi connectivity index (χ2v) is 7.57. The smallest absolute Gasteiger partial charge is 0.264 e. The summed E-state index contributed by atoms with van der Waals surface area (Å²) < 4.78 is 10.6. The van der Waals surface area contributed by atoms with E-state index in [0.29, 0.717) is 19.7 Å². The molecule has 0 aliphatic carbocycles. The van der Waals surface area contributed by atoms with Crippen molar-refractivity contribution in [3.05, 3.63) is 57.4 Å². The Labute approximate surface area is 161 Å². The largest absolute Gasteiger partial charge is 0.496 e. The molecule has 2 aromatic heterocycles. The van der Waals surface area contributed by atoms with Crippen LogP contribution in [0.15, 0.2) is 36.4 Å². The molecular weight excluding hydrogens is 362 g/mol. The van der Waals surface area contributed by atoms with Gasteiger partial charge in [0.25, 0.3) is 5.91 Å². The average Bonchev–Trinajstić information content (AvgIpc) is 3.34. The molecule has 6 nitrogen and oxygen atoms in total. The number of H-pyrrole nitrogens is 1. The molecule has 0 spiro atoms. The van der Waals surface area contributed by atoms with Crippen molar-refractivity contribution in [3.8, 4) is 17.0 Å². The molecule has 0 radical (unpaired) electrons. The Balaban J connectivity index is 1.61. The third-order valence-corrected chi connectivity index (χ3v) is 5.79. The number of methoxy groups -OCH3 is 2. The maximum absolute atomic E-state index is 13.0. The minimum atomic E-state index is 0.0557. The molecule has 1 aliphatic rings. The number of hydrogen-bond acceptors (Lipinski definition) is 5. The zero-order chi connectivity index (χ0) is 18.8. The fourth-order valence-corrected chi connectivity index (χ4v) is 4.35. The highest BCUT2D eigenvalue weighted by Gasteiger charge is 2.27. The van der Waals surface area contributed by atoms with Crippen LogP contribution in [-0.2, 0) is 24.3 Å². The van der Waals surface area contributed by atoms with Crippen LogP contribution in [0.25, 0.3) is 11.3 Å². The number of carbonyl (C=O) groups is 1. The van der Waals surface area contributed by atoms with E-state index in [1.54, 1.807) is 14.2 Å². The summed E-state index contributed by atoms with van der Waals surface area (Å²) in [5, 5.41) is 7.65. The quantitative estimate of drug-likeness (QED) is 0.732. The molecule has 4 rings (SSSR count). The number of aromatic nitrogens is 2. The molecule has 3 heterocycles. The second-order valence-electron chi connectivity index (χ2n) is 6.41. The SMILES string of the molecule is COCc1ccc(C(=O)N2CCc3[nH]nc(-c4ccccc4OC)c3C2)s1. The average molecular weight is 383 g/mol. The Morgan fingerprint density at radius 1 is 1.26 bits per heavy atom. The molecule has 140 valence electrons. The van der Waals surface area contributed by atoms with E-state index in [0.717, 1.165) is 44.4 Å². The van der Waals surface area contributed by atoms with Gasteiger partial charge in [-0.3, -0.25) is 9.89 Å². The van der Waals surface area contributed by atoms with Crippen molar-refractivity contribution >= 4 is 17.2 Å². The minimum Gasteiger partial charge on any atom is -0.496 e. The van der Waals surface area contributed by atoms with Gasteiger partial charge in [-0.2, -0.15) is 5.10 Å². The van der Waals surface area contributed by atoms with Crippen molar-refractivity contribution in [1.82, 2.24) is 15.1 Å². The molecule has 0 saturated heterocycles. The monoisotopic (exact) mass is 383 g/mol. The maximum atomic E-state index is 13.0. The highest BCUT2D eigenvalue weighted by Crippen LogP contribution is 2.34. The number of nitrogens with zero attached hydrogens (tertiary/aromatic N) is 2. The van der Waals surface area contributed by atoms with Gasteiger partial charge in [0.05, 0.1) is 18.6 Å². The van der Waals surface area contributed by atoms with Crippen LogP contribution < -0.4 is 4.74 Å². The molecule has 0 atom stereocenters. The first kappa shape index (κ1) is 17.8. The van der Waals surface area contributed by atoms with Crippen molar-refractivity contribution in [2.45, 2.75) is 19.6 Å². The van der Waals surface area contributed by atoms with Crippen LogP contribution in [0.5, 0.6) is 5.75 Å². The molecule has 27 heavy (non-hydrogen) atoms. The molecule has 1 aliphatic heterocycles. The van der Waals surface area contributed by atoms with Crippen LogP contribution in [0.3, 0.4) is 0 Å². The van der Waals surface area contributed by atoms with Gasteiger partial charge in [0.15, 0.2) is 0 Å². The fourth-order valence-electron chi connectivity index (χ4n) is 3.40. The van der Waals surface area contributed by atoms with E-state index in [9.17, 15) is 4.79 Å². The van der Waals surface area contributed by atoms with Gasteiger partial charge in [-0.05, 0) is 24.3 Å². The molecule has 3 aromatic rings. The minimum absolute atomic E-state index is 0.0557. The van der Waals surface area contributed by atoms with Crippen LogP contribution in [0.2, 0.25) is 0 Å². The van der Waals surface area contributed by atoms with Gasteiger partial charge in [0, 0.05) is 48.3 Å². The molecule has 1 N–H and O–H groups in total. The number of thiophene rings is 1. The van der Waals surface area contributed by atoms with Crippen LogP contribution in [-0.4, -0.2) is 41.8 Å². The molecule has 0 saturated carbocycles. The van der Waals surface area contributed by atoms with E-state index >= 15 is 0 Å². The Morgan fingerprint density at radius 2 is 2.11 bits per heavy atom. The first-order valence-electron chi connectivity index (χ1n) is 8.77. The predicted octanol–water partition coefficient (Wildman–Crippen LogP) is 3.49. The Kier molecular flexibility index (Phi) is 4.96. The summed E-state index contributed by atoms with van der Waals surface area (Å²) in [4.78, 5) is 16.6. The Bertz CT molecular complexity index is 963. The number of nitrogens with one attached hydrogen (secondary N) is 1. The number of benzene rings is 1. The van der Waals surface area contributed by atoms with Crippen molar-refractivity contribution < 1.29 is 14.3 Å². The lowest BCUT2D eigenvalue weighted by Gasteiger charge is -2.27. The molecule has 0 bridgehead atoms. The van der Waals surface area contributed by atoms with Gasteiger partial charge in [-0.1, -0.05) is 12.1 Å². The third-order valence-electron chi connectivity index (χ3n) is 4.74. The van der Waals surface area contributed by atoms with Crippen molar-refractivity contribution in [1.29, 1.82) is 0 Å². The number of ether oxygens (including phenoxy) is 2. The number of carbonyl (C=O) groups excluding carboxylic acids is 1. The zero-order valence-corrected chi connectivity index (χ0v) is 16.1. The van der Waals surface area contributed by atoms with Crippen LogP contribution in [0, 0.1) is 0 Å². The van der Waals surface area contributed by atoms with E-state index in [2.05, 4.69) is 10.2 Å². The van der Waals surface area contributed by atoms with Gasteiger partial charge in [-0.25, -0.2) is 0 Å². The summed E-state index contributed by atoms with van der Waals surface area (Å²) in [5.41, 5.74) is 3.94. The molecule has 1 aromatic carbocycles. The number of para-hydroxylation sites is 1. The van der Waals surface area contributed by atoms with Crippen molar-refractivity contribution in [2.24, 2.45) is 0 Å². The summed E-state index contributed by atoms with van der Waals surface area (Å²) in [7, 11) is 3.31. The van der Waals surface area contributed by atoms with E-state index in [1.807, 2.05) is 41.3 Å². The summed E-state index contributed by atoms with van der Waals surface area (Å²) in [6, 6.07) is 11.7. The highest BCUT2D eigenvalue weighted by molar-refractivity contribution is 7.14. The van der Waals surface area contributed by atoms with E-state index < -0.39 is 0 Å². The Hall–Kier alpha value is -2.64. The first-order valence-corrected chi connectivity index (χ1v) is 9.59. The number of amides is 1. The highest BCUT2D eigenvalue weighted by atomic mass is 32.1. The molecule has 1 amide bonds. The molecule has 7 heteroatoms. The molecule has 0 unspecified atom stereocenters. The third kappa shape index (κ3) is 3.36. The number of hydrogen-bond donors (Lipinski definition) is 1. The number of rotatable bonds is 5. The zero-order valence-electron chi connectivity index (χ0n) is 15.3. The second kappa shape index (κ2) is 7.54. The number of fused-ring (bicyclic) bond motifs is 1. The Morgan fingerprint density at radius 3 is 2.93 bits per heavy atom. The van der Waals surface area contributed by atoms with E-state index in [4.69, 9.17) is 9.47 Å². The van der Waals surface area contributed by atoms with E-state index in [1.165, 1.54) is 11.3 Å². The molecular formula is C20H21N3O3S. The summed E-state index contributed by atoms with van der Waals surface area (Å²) in [5.74, 6) is 0.831. The standard InChI is InChI=1S/C20H21N3O3S/c1-25-12-13-7-8-18(27-13)20(24)23-10-9-16-15(11-23)19(22-21-16)14-5-3-4-6-17(14)26-2/h3-8H,9-12H2,1-2H3,(H,21,22).